The van der Waals surface area contributed by atoms with Crippen molar-refractivity contribution in [2.75, 3.05) is 39.3 Å². The van der Waals surface area contributed by atoms with E-state index in [-0.39, 0.29) is 30.6 Å². The van der Waals surface area contributed by atoms with Crippen molar-refractivity contribution in [1.82, 2.24) is 15.1 Å². The second-order valence-electron chi connectivity index (χ2n) is 6.68. The molecule has 0 amide bonds. The smallest absolute Gasteiger partial charge is 0.194 e. The Kier molecular flexibility index (Phi) is 11.2. The Labute approximate surface area is 175 Å². The second-order valence-corrected chi connectivity index (χ2v) is 6.68. The van der Waals surface area contributed by atoms with Gasteiger partial charge in [0.25, 0.3) is 0 Å². The van der Waals surface area contributed by atoms with Gasteiger partial charge in [-0.25, -0.2) is 4.99 Å². The lowest BCUT2D eigenvalue weighted by molar-refractivity contribution is 0.255. The normalized spacial score (nSPS) is 17.5. The van der Waals surface area contributed by atoms with Crippen LogP contribution in [0.5, 0.6) is 0 Å². The maximum Gasteiger partial charge on any atom is 0.194 e. The van der Waals surface area contributed by atoms with Crippen molar-refractivity contribution >= 4 is 29.9 Å². The number of benzene rings is 1. The predicted molar refractivity (Wildman–Crippen MR) is 120 cm³/mol. The molecule has 1 aromatic rings. The largest absolute Gasteiger partial charge is 0.392 e. The molecule has 26 heavy (non-hydrogen) atoms. The highest BCUT2D eigenvalue weighted by Gasteiger charge is 2.25. The summed E-state index contributed by atoms with van der Waals surface area (Å²) < 4.78 is 0. The van der Waals surface area contributed by atoms with E-state index in [4.69, 9.17) is 4.99 Å². The molecule has 1 heterocycles. The summed E-state index contributed by atoms with van der Waals surface area (Å²) in [5.41, 5.74) is 2.06. The third kappa shape index (κ3) is 6.70. The number of hydrogen-bond donors (Lipinski definition) is 2. The zero-order valence-corrected chi connectivity index (χ0v) is 18.8. The molecule has 0 bridgehead atoms. The van der Waals surface area contributed by atoms with Gasteiger partial charge in [0, 0.05) is 26.2 Å². The van der Waals surface area contributed by atoms with Gasteiger partial charge in [-0.2, -0.15) is 0 Å². The molecule has 1 fully saturated rings. The lowest BCUT2D eigenvalue weighted by atomic mass is 10.1. The van der Waals surface area contributed by atoms with Crippen LogP contribution in [0.25, 0.3) is 0 Å². The Morgan fingerprint density at radius 3 is 2.54 bits per heavy atom. The summed E-state index contributed by atoms with van der Waals surface area (Å²) in [6.07, 6.45) is 1.23. The molecule has 0 saturated carbocycles. The predicted octanol–water partition coefficient (Wildman–Crippen LogP) is 2.93. The highest BCUT2D eigenvalue weighted by molar-refractivity contribution is 14.0. The lowest BCUT2D eigenvalue weighted by Crippen LogP contribution is -2.40. The molecular weight excluding hydrogens is 439 g/mol. The fourth-order valence-corrected chi connectivity index (χ4v) is 3.47. The standard InChI is InChI=1S/C20H34N4O.HI/c1-4-21-20(22-13-18-9-7-8-10-19(18)16-25)24-12-11-17(15-24)14-23(5-2)6-3;/h7-10,17,25H,4-6,11-16H2,1-3H3,(H,21,22);1H. The van der Waals surface area contributed by atoms with Gasteiger partial charge in [-0.1, -0.05) is 38.1 Å². The van der Waals surface area contributed by atoms with E-state index in [2.05, 4.69) is 35.9 Å². The van der Waals surface area contributed by atoms with Crippen LogP contribution >= 0.6 is 24.0 Å². The topological polar surface area (TPSA) is 51.1 Å². The fourth-order valence-electron chi connectivity index (χ4n) is 3.47. The van der Waals surface area contributed by atoms with Crippen molar-refractivity contribution < 1.29 is 5.11 Å². The van der Waals surface area contributed by atoms with Gasteiger partial charge in [-0.15, -0.1) is 24.0 Å². The summed E-state index contributed by atoms with van der Waals surface area (Å²) in [6, 6.07) is 7.98. The molecule has 0 aliphatic carbocycles. The number of aliphatic hydroxyl groups is 1. The number of aliphatic imine (C=N–C) groups is 1. The maximum atomic E-state index is 9.48. The number of nitrogens with one attached hydrogen (secondary N) is 1. The van der Waals surface area contributed by atoms with Crippen LogP contribution in [0.3, 0.4) is 0 Å². The first-order valence-corrected chi connectivity index (χ1v) is 9.64. The summed E-state index contributed by atoms with van der Waals surface area (Å²) in [7, 11) is 0. The van der Waals surface area contributed by atoms with E-state index in [1.165, 1.54) is 13.0 Å². The van der Waals surface area contributed by atoms with E-state index in [0.29, 0.717) is 12.5 Å². The van der Waals surface area contributed by atoms with Gasteiger partial charge in [0.2, 0.25) is 0 Å². The third-order valence-corrected chi connectivity index (χ3v) is 5.02. The van der Waals surface area contributed by atoms with Gasteiger partial charge in [-0.3, -0.25) is 0 Å². The SMILES string of the molecule is CCNC(=NCc1ccccc1CO)N1CCC(CN(CC)CC)C1.I. The van der Waals surface area contributed by atoms with E-state index in [0.717, 1.165) is 49.8 Å². The molecule has 1 aliphatic rings. The van der Waals surface area contributed by atoms with Crippen molar-refractivity contribution in [2.45, 2.75) is 40.3 Å². The first kappa shape index (κ1) is 23.2. The molecule has 0 radical (unpaired) electrons. The van der Waals surface area contributed by atoms with Gasteiger partial charge < -0.3 is 20.2 Å². The molecule has 2 rings (SSSR count). The highest BCUT2D eigenvalue weighted by atomic mass is 127. The average Bonchev–Trinajstić information content (AvgIpc) is 3.11. The minimum absolute atomic E-state index is 0. The van der Waals surface area contributed by atoms with Crippen molar-refractivity contribution in [2.24, 2.45) is 10.9 Å². The minimum atomic E-state index is 0. The number of rotatable bonds is 8. The number of guanidine groups is 1. The third-order valence-electron chi connectivity index (χ3n) is 5.02. The molecule has 6 heteroatoms. The van der Waals surface area contributed by atoms with Crippen LogP contribution in [-0.2, 0) is 13.2 Å². The fraction of sp³-hybridized carbons (Fsp3) is 0.650. The molecule has 1 aliphatic heterocycles. The molecule has 2 N–H and O–H groups in total. The number of halogens is 1. The average molecular weight is 474 g/mol. The molecular formula is C20H35IN4O. The van der Waals surface area contributed by atoms with E-state index in [1.54, 1.807) is 0 Å². The molecule has 0 spiro atoms. The molecule has 5 nitrogen and oxygen atoms in total. The van der Waals surface area contributed by atoms with Crippen LogP contribution < -0.4 is 5.32 Å². The van der Waals surface area contributed by atoms with Gasteiger partial charge in [-0.05, 0) is 43.5 Å². The molecule has 1 aromatic carbocycles. The van der Waals surface area contributed by atoms with Crippen molar-refractivity contribution in [3.8, 4) is 0 Å². The summed E-state index contributed by atoms with van der Waals surface area (Å²) >= 11 is 0. The van der Waals surface area contributed by atoms with Crippen LogP contribution in [0, 0.1) is 5.92 Å². The summed E-state index contributed by atoms with van der Waals surface area (Å²) in [4.78, 5) is 9.73. The van der Waals surface area contributed by atoms with Crippen molar-refractivity contribution in [3.05, 3.63) is 35.4 Å². The van der Waals surface area contributed by atoms with Crippen LogP contribution in [0.1, 0.15) is 38.3 Å². The first-order valence-electron chi connectivity index (χ1n) is 9.64. The van der Waals surface area contributed by atoms with Gasteiger partial charge in [0.15, 0.2) is 5.96 Å². The molecule has 1 saturated heterocycles. The van der Waals surface area contributed by atoms with Gasteiger partial charge >= 0.3 is 0 Å². The molecule has 0 aromatic heterocycles. The summed E-state index contributed by atoms with van der Waals surface area (Å²) in [6.45, 7) is 13.7. The number of hydrogen-bond acceptors (Lipinski definition) is 3. The molecule has 148 valence electrons. The summed E-state index contributed by atoms with van der Waals surface area (Å²) in [5.74, 6) is 1.71. The number of nitrogens with zero attached hydrogens (tertiary/aromatic N) is 3. The van der Waals surface area contributed by atoms with Crippen LogP contribution in [0.4, 0.5) is 0 Å². The Hall–Kier alpha value is -0.860. The lowest BCUT2D eigenvalue weighted by Gasteiger charge is -2.24. The second kappa shape index (κ2) is 12.5. The number of likely N-dealkylation sites (tertiary alicyclic amines) is 1. The van der Waals surface area contributed by atoms with Crippen molar-refractivity contribution in [1.29, 1.82) is 0 Å². The van der Waals surface area contributed by atoms with E-state index in [1.807, 2.05) is 24.3 Å². The highest BCUT2D eigenvalue weighted by Crippen LogP contribution is 2.18. The van der Waals surface area contributed by atoms with E-state index in [9.17, 15) is 5.11 Å². The zero-order chi connectivity index (χ0) is 18.1. The summed E-state index contributed by atoms with van der Waals surface area (Å²) in [5, 5.41) is 12.9. The minimum Gasteiger partial charge on any atom is -0.392 e. The van der Waals surface area contributed by atoms with Gasteiger partial charge in [0.05, 0.1) is 13.2 Å². The first-order chi connectivity index (χ1) is 12.2. The Morgan fingerprint density at radius 1 is 1.23 bits per heavy atom. The maximum absolute atomic E-state index is 9.48. The number of aliphatic hydroxyl groups excluding tert-OH is 1. The van der Waals surface area contributed by atoms with Crippen LogP contribution in [-0.4, -0.2) is 60.1 Å². The quantitative estimate of drug-likeness (QED) is 0.346. The van der Waals surface area contributed by atoms with Crippen molar-refractivity contribution in [3.63, 3.8) is 0 Å². The Morgan fingerprint density at radius 2 is 1.92 bits per heavy atom. The zero-order valence-electron chi connectivity index (χ0n) is 16.4. The van der Waals surface area contributed by atoms with E-state index < -0.39 is 0 Å². The molecule has 1 atom stereocenters. The van der Waals surface area contributed by atoms with Crippen LogP contribution in [0.2, 0.25) is 0 Å². The Balaban J connectivity index is 0.00000338. The Bertz CT molecular complexity index is 548. The van der Waals surface area contributed by atoms with Crippen LogP contribution in [0.15, 0.2) is 29.3 Å². The van der Waals surface area contributed by atoms with E-state index >= 15 is 0 Å². The van der Waals surface area contributed by atoms with Gasteiger partial charge in [0.1, 0.15) is 0 Å². The monoisotopic (exact) mass is 474 g/mol. The molecule has 1 unspecified atom stereocenters.